The van der Waals surface area contributed by atoms with Crippen LogP contribution in [0.15, 0.2) is 97.1 Å². The third-order valence-electron chi connectivity index (χ3n) is 6.66. The predicted octanol–water partition coefficient (Wildman–Crippen LogP) is 9.38. The van der Waals surface area contributed by atoms with Crippen molar-refractivity contribution in [3.05, 3.63) is 117 Å². The lowest BCUT2D eigenvalue weighted by Crippen LogP contribution is -2.41. The maximum atomic E-state index is 13.5. The Morgan fingerprint density at radius 3 is 1.30 bits per heavy atom. The summed E-state index contributed by atoms with van der Waals surface area (Å²) < 4.78 is 11.5. The Bertz CT molecular complexity index is 1410. The van der Waals surface area contributed by atoms with Crippen molar-refractivity contribution in [3.63, 3.8) is 0 Å². The Kier molecular flexibility index (Phi) is 13.1. The molecule has 4 aromatic carbocycles. The summed E-state index contributed by atoms with van der Waals surface area (Å²) in [6.07, 6.45) is 1.48. The van der Waals surface area contributed by atoms with Crippen molar-refractivity contribution in [1.82, 2.24) is 0 Å². The van der Waals surface area contributed by atoms with E-state index in [2.05, 4.69) is 0 Å². The highest BCUT2D eigenvalue weighted by Gasteiger charge is 2.21. The first-order valence-corrected chi connectivity index (χ1v) is 15.7. The summed E-state index contributed by atoms with van der Waals surface area (Å²) in [5.74, 6) is 0.885. The summed E-state index contributed by atoms with van der Waals surface area (Å²) in [5, 5.41) is 1.88. The van der Waals surface area contributed by atoms with Crippen molar-refractivity contribution in [2.75, 3.05) is 36.1 Å². The fourth-order valence-electron chi connectivity index (χ4n) is 4.48. The molecule has 0 radical (unpaired) electrons. The number of ether oxygens (including phenoxy) is 2. The van der Waals surface area contributed by atoms with Gasteiger partial charge >= 0.3 is 0 Å². The van der Waals surface area contributed by atoms with E-state index in [0.717, 1.165) is 11.4 Å². The number of benzene rings is 4. The second-order valence-electron chi connectivity index (χ2n) is 9.82. The van der Waals surface area contributed by atoms with E-state index in [9.17, 15) is 9.59 Å². The zero-order valence-electron chi connectivity index (χ0n) is 23.9. The topological polar surface area (TPSA) is 59.1 Å². The van der Waals surface area contributed by atoms with E-state index in [4.69, 9.17) is 55.9 Å². The van der Waals surface area contributed by atoms with Crippen LogP contribution in [-0.4, -0.2) is 38.1 Å². The molecule has 10 heteroatoms. The van der Waals surface area contributed by atoms with E-state index >= 15 is 0 Å². The second kappa shape index (κ2) is 17.2. The van der Waals surface area contributed by atoms with Crippen LogP contribution in [0.1, 0.15) is 25.7 Å². The molecule has 0 spiro atoms. The van der Waals surface area contributed by atoms with Gasteiger partial charge in [0.05, 0.1) is 23.3 Å². The maximum absolute atomic E-state index is 13.5. The number of amides is 2. The Balaban J connectivity index is 1.37. The van der Waals surface area contributed by atoms with Crippen LogP contribution in [0.5, 0.6) is 11.5 Å². The van der Waals surface area contributed by atoms with Crippen LogP contribution in [0.4, 0.5) is 11.4 Å². The van der Waals surface area contributed by atoms with Crippen molar-refractivity contribution in [1.29, 1.82) is 0 Å². The van der Waals surface area contributed by atoms with Crippen LogP contribution < -0.4 is 19.3 Å². The maximum Gasteiger partial charge on any atom is 0.227 e. The lowest BCUT2D eigenvalue weighted by Gasteiger charge is -2.28. The van der Waals surface area contributed by atoms with E-state index in [-0.39, 0.29) is 24.7 Å². The average molecular weight is 674 g/mol. The Morgan fingerprint density at radius 2 is 0.932 bits per heavy atom. The zero-order valence-corrected chi connectivity index (χ0v) is 27.0. The SMILES string of the molecule is O=C(CCCOc1ccc(Cl)cc1Cl)N(CCN(C(=O)CCCOc1ccc(Cl)cc1Cl)c1ccccc1)c1ccccc1. The van der Waals surface area contributed by atoms with E-state index in [1.807, 2.05) is 60.7 Å². The van der Waals surface area contributed by atoms with E-state index in [1.165, 1.54) is 0 Å². The molecule has 6 nitrogen and oxygen atoms in total. The minimum atomic E-state index is -0.0734. The number of rotatable bonds is 15. The van der Waals surface area contributed by atoms with E-state index < -0.39 is 0 Å². The number of carbonyl (C=O) groups excluding carboxylic acids is 2. The van der Waals surface area contributed by atoms with Gasteiger partial charge in [0, 0.05) is 47.4 Å². The molecule has 0 atom stereocenters. The highest BCUT2D eigenvalue weighted by molar-refractivity contribution is 6.36. The highest BCUT2D eigenvalue weighted by atomic mass is 35.5. The van der Waals surface area contributed by atoms with Gasteiger partial charge < -0.3 is 19.3 Å². The number of hydrogen-bond donors (Lipinski definition) is 0. The van der Waals surface area contributed by atoms with Crippen molar-refractivity contribution in [3.8, 4) is 11.5 Å². The van der Waals surface area contributed by atoms with Gasteiger partial charge in [0.2, 0.25) is 11.8 Å². The molecule has 4 aromatic rings. The van der Waals surface area contributed by atoms with E-state index in [0.29, 0.717) is 70.7 Å². The second-order valence-corrected chi connectivity index (χ2v) is 11.5. The predicted molar refractivity (Wildman–Crippen MR) is 180 cm³/mol. The van der Waals surface area contributed by atoms with Crippen LogP contribution in [-0.2, 0) is 9.59 Å². The molecular formula is C34H32Cl4N2O4. The molecule has 0 aromatic heterocycles. The number of para-hydroxylation sites is 2. The Hall–Kier alpha value is -3.42. The molecule has 0 saturated carbocycles. The molecule has 2 amide bonds. The largest absolute Gasteiger partial charge is 0.492 e. The molecule has 44 heavy (non-hydrogen) atoms. The molecule has 230 valence electrons. The summed E-state index contributed by atoms with van der Waals surface area (Å²) >= 11 is 24.3. The first-order valence-electron chi connectivity index (χ1n) is 14.2. The molecule has 0 saturated heterocycles. The molecule has 0 aliphatic heterocycles. The standard InChI is InChI=1S/C34H32Cl4N2O4/c35-25-15-17-31(29(37)23-25)43-21-7-13-33(41)39(27-9-3-1-4-10-27)19-20-40(28-11-5-2-6-12-28)34(42)14-8-22-44-32-18-16-26(36)24-30(32)38/h1-6,9-12,15-18,23-24H,7-8,13-14,19-22H2. The van der Waals surface area contributed by atoms with Gasteiger partial charge in [-0.3, -0.25) is 9.59 Å². The van der Waals surface area contributed by atoms with Gasteiger partial charge in [-0.15, -0.1) is 0 Å². The lowest BCUT2D eigenvalue weighted by atomic mass is 10.2. The number of hydrogen-bond acceptors (Lipinski definition) is 4. The molecule has 0 heterocycles. The van der Waals surface area contributed by atoms with Crippen molar-refractivity contribution in [2.24, 2.45) is 0 Å². The quantitative estimate of drug-likeness (QED) is 0.118. The molecule has 0 aliphatic carbocycles. The molecule has 0 aliphatic rings. The first-order chi connectivity index (χ1) is 21.3. The average Bonchev–Trinajstić information content (AvgIpc) is 3.02. The van der Waals surface area contributed by atoms with Crippen LogP contribution in [0, 0.1) is 0 Å². The Morgan fingerprint density at radius 1 is 0.545 bits per heavy atom. The Labute approximate surface area is 278 Å². The number of carbonyl (C=O) groups is 2. The normalized spacial score (nSPS) is 10.7. The summed E-state index contributed by atoms with van der Waals surface area (Å²) in [7, 11) is 0. The fourth-order valence-corrected chi connectivity index (χ4v) is 5.40. The monoisotopic (exact) mass is 672 g/mol. The lowest BCUT2D eigenvalue weighted by molar-refractivity contribution is -0.120. The van der Waals surface area contributed by atoms with E-state index in [1.54, 1.807) is 46.2 Å². The third-order valence-corrected chi connectivity index (χ3v) is 7.72. The smallest absolute Gasteiger partial charge is 0.227 e. The summed E-state index contributed by atoms with van der Waals surface area (Å²) in [4.78, 5) is 30.4. The van der Waals surface area contributed by atoms with Gasteiger partial charge in [-0.1, -0.05) is 82.8 Å². The summed E-state index contributed by atoms with van der Waals surface area (Å²) in [5.41, 5.74) is 1.51. The molecule has 0 unspecified atom stereocenters. The molecule has 4 rings (SSSR count). The minimum Gasteiger partial charge on any atom is -0.492 e. The van der Waals surface area contributed by atoms with Gasteiger partial charge in [-0.05, 0) is 73.5 Å². The van der Waals surface area contributed by atoms with Gasteiger partial charge in [-0.2, -0.15) is 0 Å². The molecular weight excluding hydrogens is 642 g/mol. The van der Waals surface area contributed by atoms with Gasteiger partial charge in [0.25, 0.3) is 0 Å². The molecule has 0 fully saturated rings. The van der Waals surface area contributed by atoms with Crippen molar-refractivity contribution >= 4 is 69.6 Å². The summed E-state index contributed by atoms with van der Waals surface area (Å²) in [6, 6.07) is 28.9. The highest BCUT2D eigenvalue weighted by Crippen LogP contribution is 2.29. The minimum absolute atomic E-state index is 0.0734. The van der Waals surface area contributed by atoms with Crippen molar-refractivity contribution < 1.29 is 19.1 Å². The molecule has 0 N–H and O–H groups in total. The fraction of sp³-hybridized carbons (Fsp3) is 0.235. The van der Waals surface area contributed by atoms with Crippen LogP contribution in [0.25, 0.3) is 0 Å². The third kappa shape index (κ3) is 10.1. The van der Waals surface area contributed by atoms with Gasteiger partial charge in [0.15, 0.2) is 0 Å². The van der Waals surface area contributed by atoms with Gasteiger partial charge in [0.1, 0.15) is 11.5 Å². The number of anilines is 2. The first kappa shape index (κ1) is 33.5. The number of nitrogens with zero attached hydrogens (tertiary/aromatic N) is 2. The number of halogens is 4. The van der Waals surface area contributed by atoms with Crippen LogP contribution in [0.3, 0.4) is 0 Å². The van der Waals surface area contributed by atoms with Crippen LogP contribution in [0.2, 0.25) is 20.1 Å². The summed E-state index contributed by atoms with van der Waals surface area (Å²) in [6.45, 7) is 1.25. The van der Waals surface area contributed by atoms with Crippen molar-refractivity contribution in [2.45, 2.75) is 25.7 Å². The van der Waals surface area contributed by atoms with Crippen LogP contribution >= 0.6 is 46.4 Å². The van der Waals surface area contributed by atoms with Gasteiger partial charge in [-0.25, -0.2) is 0 Å². The molecule has 0 bridgehead atoms. The zero-order chi connectivity index (χ0) is 31.3.